The van der Waals surface area contributed by atoms with Crippen LogP contribution in [0.1, 0.15) is 5.82 Å². The van der Waals surface area contributed by atoms with Crippen molar-refractivity contribution in [2.75, 3.05) is 5.32 Å². The molecule has 0 aliphatic rings. The van der Waals surface area contributed by atoms with Crippen molar-refractivity contribution < 1.29 is 13.7 Å². The molecule has 24 heavy (non-hydrogen) atoms. The maximum atomic E-state index is 12.9. The average Bonchev–Trinajstić information content (AvgIpc) is 2.98. The number of benzene rings is 1. The van der Waals surface area contributed by atoms with Gasteiger partial charge in [-0.3, -0.25) is 9.59 Å². The zero-order valence-corrected chi connectivity index (χ0v) is 12.7. The topological polar surface area (TPSA) is 90.0 Å². The second-order valence-electron chi connectivity index (χ2n) is 5.09. The van der Waals surface area contributed by atoms with Gasteiger partial charge in [0, 0.05) is 18.0 Å². The van der Waals surface area contributed by atoms with E-state index < -0.39 is 11.7 Å². The van der Waals surface area contributed by atoms with Crippen molar-refractivity contribution in [1.29, 1.82) is 0 Å². The number of hydrogen-bond acceptors (Lipinski definition) is 5. The van der Waals surface area contributed by atoms with Gasteiger partial charge in [0.2, 0.25) is 5.91 Å². The van der Waals surface area contributed by atoms with Crippen LogP contribution in [0.5, 0.6) is 0 Å². The molecule has 2 heterocycles. The summed E-state index contributed by atoms with van der Waals surface area (Å²) < 4.78 is 19.1. The van der Waals surface area contributed by atoms with Crippen LogP contribution in [0.25, 0.3) is 11.5 Å². The minimum atomic E-state index is -0.414. The summed E-state index contributed by atoms with van der Waals surface area (Å²) in [6, 6.07) is 8.21. The fourth-order valence-corrected chi connectivity index (χ4v) is 2.08. The first-order chi connectivity index (χ1) is 11.5. The van der Waals surface area contributed by atoms with Gasteiger partial charge >= 0.3 is 0 Å². The fraction of sp³-hybridized carbons (Fsp3) is 0.125. The molecule has 0 unspecified atom stereocenters. The standard InChI is InChI=1S/C16H13FN4O3/c1-10-18-16(24-20-10)11-2-7-15(23)21(8-11)9-14(22)19-13-5-3-12(17)4-6-13/h2-8H,9H2,1H3,(H,19,22). The van der Waals surface area contributed by atoms with E-state index in [-0.39, 0.29) is 18.0 Å². The lowest BCUT2D eigenvalue weighted by Gasteiger charge is -2.08. The number of nitrogens with one attached hydrogen (secondary N) is 1. The monoisotopic (exact) mass is 328 g/mol. The molecule has 3 rings (SSSR count). The molecule has 2 aromatic heterocycles. The molecule has 0 saturated carbocycles. The van der Waals surface area contributed by atoms with Crippen molar-refractivity contribution in [3.05, 3.63) is 64.6 Å². The van der Waals surface area contributed by atoms with Gasteiger partial charge in [0.1, 0.15) is 12.4 Å². The van der Waals surface area contributed by atoms with E-state index in [1.807, 2.05) is 0 Å². The molecule has 0 aliphatic heterocycles. The van der Waals surface area contributed by atoms with Gasteiger partial charge in [0.05, 0.1) is 5.56 Å². The van der Waals surface area contributed by atoms with E-state index in [2.05, 4.69) is 15.5 Å². The van der Waals surface area contributed by atoms with E-state index in [1.54, 1.807) is 13.0 Å². The molecule has 8 heteroatoms. The zero-order chi connectivity index (χ0) is 17.1. The summed E-state index contributed by atoms with van der Waals surface area (Å²) >= 11 is 0. The van der Waals surface area contributed by atoms with Crippen LogP contribution in [0.3, 0.4) is 0 Å². The summed E-state index contributed by atoms with van der Waals surface area (Å²) in [5.41, 5.74) is 0.632. The van der Waals surface area contributed by atoms with E-state index in [9.17, 15) is 14.0 Å². The lowest BCUT2D eigenvalue weighted by molar-refractivity contribution is -0.116. The number of carbonyl (C=O) groups excluding carboxylic acids is 1. The van der Waals surface area contributed by atoms with E-state index >= 15 is 0 Å². The third kappa shape index (κ3) is 3.54. The van der Waals surface area contributed by atoms with Gasteiger partial charge in [0.25, 0.3) is 11.4 Å². The van der Waals surface area contributed by atoms with Crippen LogP contribution < -0.4 is 10.9 Å². The number of halogens is 1. The summed E-state index contributed by atoms with van der Waals surface area (Å²) in [6.07, 6.45) is 1.47. The number of anilines is 1. The molecule has 0 spiro atoms. The molecule has 0 saturated heterocycles. The third-order valence-corrected chi connectivity index (χ3v) is 3.20. The Kier molecular flexibility index (Phi) is 4.19. The molecule has 7 nitrogen and oxygen atoms in total. The Bertz CT molecular complexity index is 931. The number of pyridine rings is 1. The van der Waals surface area contributed by atoms with Crippen molar-refractivity contribution in [2.45, 2.75) is 13.5 Å². The minimum absolute atomic E-state index is 0.197. The molecule has 0 bridgehead atoms. The van der Waals surface area contributed by atoms with Crippen LogP contribution in [0.4, 0.5) is 10.1 Å². The van der Waals surface area contributed by atoms with Crippen LogP contribution in [0, 0.1) is 12.7 Å². The van der Waals surface area contributed by atoms with Crippen molar-refractivity contribution in [3.8, 4) is 11.5 Å². The Balaban J connectivity index is 1.77. The fourth-order valence-electron chi connectivity index (χ4n) is 2.08. The van der Waals surface area contributed by atoms with Crippen molar-refractivity contribution in [3.63, 3.8) is 0 Å². The van der Waals surface area contributed by atoms with Gasteiger partial charge in [0.15, 0.2) is 5.82 Å². The number of amides is 1. The second-order valence-corrected chi connectivity index (χ2v) is 5.09. The van der Waals surface area contributed by atoms with E-state index in [1.165, 1.54) is 41.1 Å². The van der Waals surface area contributed by atoms with Crippen LogP contribution in [0.15, 0.2) is 51.9 Å². The first-order valence-electron chi connectivity index (χ1n) is 7.08. The first-order valence-corrected chi connectivity index (χ1v) is 7.08. The first kappa shape index (κ1) is 15.6. The summed E-state index contributed by atoms with van der Waals surface area (Å²) in [6.45, 7) is 1.48. The number of carbonyl (C=O) groups is 1. The van der Waals surface area contributed by atoms with Crippen LogP contribution >= 0.6 is 0 Å². The zero-order valence-electron chi connectivity index (χ0n) is 12.7. The van der Waals surface area contributed by atoms with E-state index in [4.69, 9.17) is 4.52 Å². The van der Waals surface area contributed by atoms with Gasteiger partial charge < -0.3 is 14.4 Å². The molecular formula is C16H13FN4O3. The smallest absolute Gasteiger partial charge is 0.259 e. The lowest BCUT2D eigenvalue weighted by Crippen LogP contribution is -2.26. The maximum absolute atomic E-state index is 12.9. The van der Waals surface area contributed by atoms with Crippen molar-refractivity contribution >= 4 is 11.6 Å². The molecule has 3 aromatic rings. The van der Waals surface area contributed by atoms with Gasteiger partial charge in [-0.2, -0.15) is 4.98 Å². The Morgan fingerprint density at radius 3 is 2.67 bits per heavy atom. The number of hydrogen-bond donors (Lipinski definition) is 1. The average molecular weight is 328 g/mol. The summed E-state index contributed by atoms with van der Waals surface area (Å²) in [7, 11) is 0. The highest BCUT2D eigenvalue weighted by atomic mass is 19.1. The number of aromatic nitrogens is 3. The maximum Gasteiger partial charge on any atom is 0.259 e. The summed E-state index contributed by atoms with van der Waals surface area (Å²) in [5.74, 6) is -0.0775. The highest BCUT2D eigenvalue weighted by Crippen LogP contribution is 2.15. The summed E-state index contributed by atoms with van der Waals surface area (Å²) in [5, 5.41) is 6.28. The van der Waals surface area contributed by atoms with Crippen molar-refractivity contribution in [2.24, 2.45) is 0 Å². The minimum Gasteiger partial charge on any atom is -0.334 e. The van der Waals surface area contributed by atoms with Crippen LogP contribution in [-0.4, -0.2) is 20.6 Å². The molecular weight excluding hydrogens is 315 g/mol. The van der Waals surface area contributed by atoms with Crippen molar-refractivity contribution in [1.82, 2.24) is 14.7 Å². The van der Waals surface area contributed by atoms with Gasteiger partial charge in [-0.15, -0.1) is 0 Å². The Hall–Kier alpha value is -3.29. The highest BCUT2D eigenvalue weighted by molar-refractivity contribution is 5.90. The quantitative estimate of drug-likeness (QED) is 0.791. The molecule has 1 N–H and O–H groups in total. The Labute approximate surface area is 135 Å². The SMILES string of the molecule is Cc1noc(-c2ccc(=O)n(CC(=O)Nc3ccc(F)cc3)c2)n1. The van der Waals surface area contributed by atoms with E-state index in [0.717, 1.165) is 0 Å². The number of rotatable bonds is 4. The largest absolute Gasteiger partial charge is 0.334 e. The van der Waals surface area contributed by atoms with Gasteiger partial charge in [-0.1, -0.05) is 5.16 Å². The normalized spacial score (nSPS) is 10.6. The van der Waals surface area contributed by atoms with E-state index in [0.29, 0.717) is 17.1 Å². The molecule has 0 atom stereocenters. The molecule has 1 aromatic carbocycles. The predicted octanol–water partition coefficient (Wildman–Crippen LogP) is 1.98. The Morgan fingerprint density at radius 1 is 1.25 bits per heavy atom. The lowest BCUT2D eigenvalue weighted by atomic mass is 10.2. The van der Waals surface area contributed by atoms with Crippen LogP contribution in [-0.2, 0) is 11.3 Å². The number of nitrogens with zero attached hydrogens (tertiary/aromatic N) is 3. The van der Waals surface area contributed by atoms with Gasteiger partial charge in [-0.25, -0.2) is 4.39 Å². The van der Waals surface area contributed by atoms with Crippen LogP contribution in [0.2, 0.25) is 0 Å². The number of aryl methyl sites for hydroxylation is 1. The second kappa shape index (κ2) is 6.45. The van der Waals surface area contributed by atoms with Gasteiger partial charge in [-0.05, 0) is 37.3 Å². The molecule has 0 radical (unpaired) electrons. The molecule has 0 aliphatic carbocycles. The highest BCUT2D eigenvalue weighted by Gasteiger charge is 2.10. The molecule has 0 fully saturated rings. The Morgan fingerprint density at radius 2 is 2.00 bits per heavy atom. The molecule has 1 amide bonds. The predicted molar refractivity (Wildman–Crippen MR) is 83.8 cm³/mol. The summed E-state index contributed by atoms with van der Waals surface area (Å²) in [4.78, 5) is 28.0. The third-order valence-electron chi connectivity index (χ3n) is 3.20. The molecule has 122 valence electrons.